The van der Waals surface area contributed by atoms with Crippen molar-refractivity contribution in [2.45, 2.75) is 39.7 Å². The van der Waals surface area contributed by atoms with Gasteiger partial charge in [-0.2, -0.15) is 0 Å². The van der Waals surface area contributed by atoms with Crippen molar-refractivity contribution in [3.8, 4) is 0 Å². The Balaban J connectivity index is 1.76. The van der Waals surface area contributed by atoms with Crippen molar-refractivity contribution in [2.24, 2.45) is 5.92 Å². The van der Waals surface area contributed by atoms with Gasteiger partial charge in [-0.3, -0.25) is 4.90 Å². The summed E-state index contributed by atoms with van der Waals surface area (Å²) in [4.78, 5) is 12.0. The van der Waals surface area contributed by atoms with Gasteiger partial charge in [-0.05, 0) is 50.9 Å². The maximum Gasteiger partial charge on any atom is 0.0890 e. The van der Waals surface area contributed by atoms with Crippen molar-refractivity contribution in [1.82, 2.24) is 14.9 Å². The number of para-hydroxylation sites is 2. The zero-order valence-electron chi connectivity index (χ0n) is 12.5. The molecule has 0 aliphatic carbocycles. The maximum atomic E-state index is 4.80. The second-order valence-corrected chi connectivity index (χ2v) is 5.87. The Kier molecular flexibility index (Phi) is 3.97. The molecule has 1 aromatic carbocycles. The smallest absolute Gasteiger partial charge is 0.0890 e. The van der Waals surface area contributed by atoms with Gasteiger partial charge in [0, 0.05) is 6.54 Å². The number of hydrogen-bond acceptors (Lipinski definition) is 3. The molecule has 1 saturated heterocycles. The highest BCUT2D eigenvalue weighted by atomic mass is 15.1. The molecular weight excluding hydrogens is 246 g/mol. The first kappa shape index (κ1) is 13.5. The van der Waals surface area contributed by atoms with Crippen LogP contribution in [0.1, 0.15) is 37.6 Å². The lowest BCUT2D eigenvalue weighted by Crippen LogP contribution is -2.33. The van der Waals surface area contributed by atoms with Gasteiger partial charge in [0.25, 0.3) is 0 Å². The van der Waals surface area contributed by atoms with Crippen LogP contribution in [0.3, 0.4) is 0 Å². The third-order valence-electron chi connectivity index (χ3n) is 4.50. The molecule has 0 saturated carbocycles. The van der Waals surface area contributed by atoms with Crippen molar-refractivity contribution in [1.29, 1.82) is 0 Å². The number of hydrogen-bond donors (Lipinski definition) is 0. The number of rotatable bonds is 3. The predicted octanol–water partition coefficient (Wildman–Crippen LogP) is 3.56. The van der Waals surface area contributed by atoms with Crippen LogP contribution in [-0.4, -0.2) is 28.0 Å². The number of aromatic nitrogens is 2. The molecule has 0 unspecified atom stereocenters. The van der Waals surface area contributed by atoms with E-state index < -0.39 is 0 Å². The summed E-state index contributed by atoms with van der Waals surface area (Å²) in [7, 11) is 0. The zero-order chi connectivity index (χ0) is 13.9. The fraction of sp³-hybridized carbons (Fsp3) is 0.529. The Hall–Kier alpha value is -1.48. The van der Waals surface area contributed by atoms with Crippen LogP contribution in [0.25, 0.3) is 11.0 Å². The van der Waals surface area contributed by atoms with E-state index in [1.807, 2.05) is 18.2 Å². The molecule has 0 bridgehead atoms. The Morgan fingerprint density at radius 3 is 2.40 bits per heavy atom. The Morgan fingerprint density at radius 2 is 1.75 bits per heavy atom. The van der Waals surface area contributed by atoms with E-state index in [9.17, 15) is 0 Å². The number of benzene rings is 1. The molecule has 2 heterocycles. The first-order chi connectivity index (χ1) is 9.76. The topological polar surface area (TPSA) is 29.0 Å². The molecule has 2 aromatic rings. The van der Waals surface area contributed by atoms with E-state index in [0.29, 0.717) is 0 Å². The Labute approximate surface area is 121 Å². The number of likely N-dealkylation sites (tertiary alicyclic amines) is 1. The van der Waals surface area contributed by atoms with Crippen LogP contribution >= 0.6 is 0 Å². The van der Waals surface area contributed by atoms with Crippen LogP contribution in [0.5, 0.6) is 0 Å². The Bertz CT molecular complexity index is 586. The molecule has 106 valence electrons. The number of fused-ring (bicyclic) bond motifs is 1. The molecule has 1 aromatic heterocycles. The number of piperidine rings is 1. The van der Waals surface area contributed by atoms with Crippen molar-refractivity contribution in [3.05, 3.63) is 35.7 Å². The fourth-order valence-electron chi connectivity index (χ4n) is 3.04. The van der Waals surface area contributed by atoms with Gasteiger partial charge in [0.1, 0.15) is 0 Å². The third-order valence-corrected chi connectivity index (χ3v) is 4.50. The largest absolute Gasteiger partial charge is 0.297 e. The molecule has 1 aliphatic rings. The second kappa shape index (κ2) is 5.88. The Morgan fingerprint density at radius 1 is 1.10 bits per heavy atom. The van der Waals surface area contributed by atoms with Crippen LogP contribution in [0.2, 0.25) is 0 Å². The van der Waals surface area contributed by atoms with Crippen molar-refractivity contribution >= 4 is 11.0 Å². The number of nitrogens with zero attached hydrogens (tertiary/aromatic N) is 3. The molecule has 0 radical (unpaired) electrons. The molecule has 0 spiro atoms. The minimum absolute atomic E-state index is 0.926. The van der Waals surface area contributed by atoms with Gasteiger partial charge in [0.2, 0.25) is 0 Å². The summed E-state index contributed by atoms with van der Waals surface area (Å²) in [6, 6.07) is 8.13. The van der Waals surface area contributed by atoms with Gasteiger partial charge in [-0.1, -0.05) is 25.5 Å². The standard InChI is InChI=1S/C17H23N3/c1-3-14-8-10-20(11-9-14)12-17-13(2)18-15-6-4-5-7-16(15)19-17/h4-7,14H,3,8-12H2,1-2H3. The fourth-order valence-corrected chi connectivity index (χ4v) is 3.04. The first-order valence-electron chi connectivity index (χ1n) is 7.71. The van der Waals surface area contributed by atoms with Crippen LogP contribution < -0.4 is 0 Å². The molecule has 1 fully saturated rings. The molecule has 3 rings (SSSR count). The first-order valence-corrected chi connectivity index (χ1v) is 7.71. The van der Waals surface area contributed by atoms with Crippen LogP contribution in [0, 0.1) is 12.8 Å². The minimum Gasteiger partial charge on any atom is -0.297 e. The summed E-state index contributed by atoms with van der Waals surface area (Å²) in [5, 5.41) is 0. The van der Waals surface area contributed by atoms with Crippen molar-refractivity contribution < 1.29 is 0 Å². The van der Waals surface area contributed by atoms with Gasteiger partial charge in [-0.25, -0.2) is 9.97 Å². The molecule has 0 amide bonds. The maximum absolute atomic E-state index is 4.80. The highest BCUT2D eigenvalue weighted by molar-refractivity contribution is 5.74. The summed E-state index contributed by atoms with van der Waals surface area (Å²) >= 11 is 0. The van der Waals surface area contributed by atoms with Crippen LogP contribution in [0.4, 0.5) is 0 Å². The number of aryl methyl sites for hydroxylation is 1. The van der Waals surface area contributed by atoms with Gasteiger partial charge >= 0.3 is 0 Å². The van der Waals surface area contributed by atoms with E-state index in [1.165, 1.54) is 32.4 Å². The average Bonchev–Trinajstić information content (AvgIpc) is 2.49. The van der Waals surface area contributed by atoms with E-state index in [2.05, 4.69) is 29.8 Å². The van der Waals surface area contributed by atoms with Crippen molar-refractivity contribution in [2.75, 3.05) is 13.1 Å². The lowest BCUT2D eigenvalue weighted by atomic mass is 9.94. The summed E-state index contributed by atoms with van der Waals surface area (Å²) in [5.41, 5.74) is 4.22. The zero-order valence-corrected chi connectivity index (χ0v) is 12.5. The molecule has 1 aliphatic heterocycles. The lowest BCUT2D eigenvalue weighted by molar-refractivity contribution is 0.173. The van der Waals surface area contributed by atoms with Gasteiger partial charge in [0.15, 0.2) is 0 Å². The quantitative estimate of drug-likeness (QED) is 0.853. The van der Waals surface area contributed by atoms with E-state index in [-0.39, 0.29) is 0 Å². The SMILES string of the molecule is CCC1CCN(Cc2nc3ccccc3nc2C)CC1. The molecule has 0 N–H and O–H groups in total. The molecule has 0 atom stereocenters. The molecule has 3 heteroatoms. The third kappa shape index (κ3) is 2.83. The van der Waals surface area contributed by atoms with Gasteiger partial charge in [-0.15, -0.1) is 0 Å². The minimum atomic E-state index is 0.926. The lowest BCUT2D eigenvalue weighted by Gasteiger charge is -2.31. The summed E-state index contributed by atoms with van der Waals surface area (Å²) < 4.78 is 0. The highest BCUT2D eigenvalue weighted by Gasteiger charge is 2.19. The molecule has 3 nitrogen and oxygen atoms in total. The second-order valence-electron chi connectivity index (χ2n) is 5.87. The van der Waals surface area contributed by atoms with E-state index in [0.717, 1.165) is 34.9 Å². The van der Waals surface area contributed by atoms with Gasteiger partial charge < -0.3 is 0 Å². The predicted molar refractivity (Wildman–Crippen MR) is 82.6 cm³/mol. The molecular formula is C17H23N3. The van der Waals surface area contributed by atoms with E-state index >= 15 is 0 Å². The van der Waals surface area contributed by atoms with E-state index in [4.69, 9.17) is 4.98 Å². The van der Waals surface area contributed by atoms with Crippen LogP contribution in [-0.2, 0) is 6.54 Å². The van der Waals surface area contributed by atoms with Crippen molar-refractivity contribution in [3.63, 3.8) is 0 Å². The summed E-state index contributed by atoms with van der Waals surface area (Å²) in [5.74, 6) is 0.926. The average molecular weight is 269 g/mol. The molecule has 20 heavy (non-hydrogen) atoms. The monoisotopic (exact) mass is 269 g/mol. The summed E-state index contributed by atoms with van der Waals surface area (Å²) in [6.45, 7) is 7.73. The van der Waals surface area contributed by atoms with Crippen LogP contribution in [0.15, 0.2) is 24.3 Å². The van der Waals surface area contributed by atoms with E-state index in [1.54, 1.807) is 0 Å². The summed E-state index contributed by atoms with van der Waals surface area (Å²) in [6.07, 6.45) is 3.98. The highest BCUT2D eigenvalue weighted by Crippen LogP contribution is 2.22. The normalized spacial score (nSPS) is 17.7. The van der Waals surface area contributed by atoms with Gasteiger partial charge in [0.05, 0.1) is 22.4 Å².